The van der Waals surface area contributed by atoms with Crippen molar-refractivity contribution in [2.75, 3.05) is 7.11 Å². The summed E-state index contributed by atoms with van der Waals surface area (Å²) in [5, 5.41) is 0. The summed E-state index contributed by atoms with van der Waals surface area (Å²) >= 11 is 0. The molecule has 1 unspecified atom stereocenters. The molecule has 0 radical (unpaired) electrons. The van der Waals surface area contributed by atoms with Gasteiger partial charge in [-0.2, -0.15) is 0 Å². The lowest BCUT2D eigenvalue weighted by Crippen LogP contribution is -2.18. The molecule has 1 aliphatic carbocycles. The van der Waals surface area contributed by atoms with Gasteiger partial charge in [0.05, 0.1) is 7.11 Å². The van der Waals surface area contributed by atoms with E-state index in [0.717, 1.165) is 36.1 Å². The predicted molar refractivity (Wildman–Crippen MR) is 73.6 cm³/mol. The molecule has 0 bridgehead atoms. The van der Waals surface area contributed by atoms with E-state index in [-0.39, 0.29) is 0 Å². The maximum Gasteiger partial charge on any atom is 0.159 e. The first-order valence-electron chi connectivity index (χ1n) is 6.64. The molecule has 0 aromatic heterocycles. The molecule has 1 aliphatic rings. The Morgan fingerprint density at radius 2 is 2.17 bits per heavy atom. The van der Waals surface area contributed by atoms with Crippen LogP contribution in [0.1, 0.15) is 38.2 Å². The van der Waals surface area contributed by atoms with Gasteiger partial charge in [-0.15, -0.1) is 0 Å². The first-order valence-corrected chi connectivity index (χ1v) is 6.64. The van der Waals surface area contributed by atoms with Crippen molar-refractivity contribution in [1.82, 2.24) is 0 Å². The van der Waals surface area contributed by atoms with Gasteiger partial charge in [-0.1, -0.05) is 25.1 Å². The van der Waals surface area contributed by atoms with Crippen molar-refractivity contribution in [3.63, 3.8) is 0 Å². The Morgan fingerprint density at radius 1 is 1.39 bits per heavy atom. The van der Waals surface area contributed by atoms with Gasteiger partial charge >= 0.3 is 0 Å². The van der Waals surface area contributed by atoms with Crippen molar-refractivity contribution in [3.8, 4) is 5.75 Å². The Kier molecular flexibility index (Phi) is 4.19. The second-order valence-electron chi connectivity index (χ2n) is 4.76. The Labute approximate surface area is 109 Å². The third-order valence-electron chi connectivity index (χ3n) is 3.66. The average Bonchev–Trinajstić information content (AvgIpc) is 2.41. The van der Waals surface area contributed by atoms with E-state index >= 15 is 0 Å². The number of hydrogen-bond donors (Lipinski definition) is 0. The van der Waals surface area contributed by atoms with Crippen molar-refractivity contribution >= 4 is 11.9 Å². The summed E-state index contributed by atoms with van der Waals surface area (Å²) < 4.78 is 5.34. The number of ether oxygens (including phenoxy) is 1. The van der Waals surface area contributed by atoms with E-state index in [1.54, 1.807) is 7.11 Å². The Bertz CT molecular complexity index is 460. The van der Waals surface area contributed by atoms with E-state index in [0.29, 0.717) is 18.1 Å². The Balaban J connectivity index is 2.37. The molecule has 96 valence electrons. The summed E-state index contributed by atoms with van der Waals surface area (Å²) in [5.74, 6) is 1.55. The van der Waals surface area contributed by atoms with Crippen molar-refractivity contribution < 1.29 is 9.53 Å². The minimum Gasteiger partial charge on any atom is -0.496 e. The molecular formula is C16H20O2. The van der Waals surface area contributed by atoms with Crippen molar-refractivity contribution in [3.05, 3.63) is 35.4 Å². The quantitative estimate of drug-likeness (QED) is 0.755. The second kappa shape index (κ2) is 5.85. The number of ketones is 1. The number of rotatable bonds is 3. The van der Waals surface area contributed by atoms with Gasteiger partial charge in [-0.05, 0) is 42.9 Å². The van der Waals surface area contributed by atoms with E-state index in [4.69, 9.17) is 4.74 Å². The summed E-state index contributed by atoms with van der Waals surface area (Å²) in [7, 11) is 1.66. The summed E-state index contributed by atoms with van der Waals surface area (Å²) in [5.41, 5.74) is 1.98. The number of hydrogen-bond acceptors (Lipinski definition) is 2. The summed E-state index contributed by atoms with van der Waals surface area (Å²) in [6, 6.07) is 7.85. The number of Topliss-reactive ketones (excluding diaryl/α,β-unsaturated/α-hetero) is 1. The largest absolute Gasteiger partial charge is 0.496 e. The molecule has 1 aromatic carbocycles. The number of para-hydroxylation sites is 1. The second-order valence-corrected chi connectivity index (χ2v) is 4.76. The topological polar surface area (TPSA) is 26.3 Å². The minimum absolute atomic E-state index is 0.305. The lowest BCUT2D eigenvalue weighted by molar-refractivity contribution is -0.117. The molecule has 2 rings (SSSR count). The van der Waals surface area contributed by atoms with Crippen molar-refractivity contribution in [1.29, 1.82) is 0 Å². The lowest BCUT2D eigenvalue weighted by atomic mass is 9.81. The van der Waals surface area contributed by atoms with Crippen molar-refractivity contribution in [2.24, 2.45) is 5.92 Å². The van der Waals surface area contributed by atoms with E-state index in [1.807, 2.05) is 30.3 Å². The number of methoxy groups -OCH3 is 1. The van der Waals surface area contributed by atoms with E-state index in [9.17, 15) is 4.79 Å². The summed E-state index contributed by atoms with van der Waals surface area (Å²) in [6.45, 7) is 2.15. The van der Waals surface area contributed by atoms with Crippen LogP contribution in [0.25, 0.3) is 6.08 Å². The van der Waals surface area contributed by atoms with Gasteiger partial charge in [0.15, 0.2) is 5.78 Å². The Hall–Kier alpha value is -1.57. The highest BCUT2D eigenvalue weighted by atomic mass is 16.5. The highest BCUT2D eigenvalue weighted by Crippen LogP contribution is 2.32. The van der Waals surface area contributed by atoms with E-state index in [1.165, 1.54) is 0 Å². The zero-order chi connectivity index (χ0) is 13.0. The minimum atomic E-state index is 0.305. The first-order chi connectivity index (χ1) is 8.76. The smallest absolute Gasteiger partial charge is 0.159 e. The fourth-order valence-electron chi connectivity index (χ4n) is 2.61. The molecule has 1 aromatic rings. The highest BCUT2D eigenvalue weighted by molar-refractivity contribution is 6.00. The van der Waals surface area contributed by atoms with Gasteiger partial charge in [0.1, 0.15) is 5.75 Å². The molecule has 2 nitrogen and oxygen atoms in total. The maximum atomic E-state index is 12.1. The van der Waals surface area contributed by atoms with Crippen LogP contribution in [-0.4, -0.2) is 12.9 Å². The molecule has 1 atom stereocenters. The van der Waals surface area contributed by atoms with Crippen LogP contribution in [0, 0.1) is 5.92 Å². The van der Waals surface area contributed by atoms with Gasteiger partial charge in [0.2, 0.25) is 0 Å². The molecule has 2 heteroatoms. The van der Waals surface area contributed by atoms with Gasteiger partial charge in [-0.3, -0.25) is 4.79 Å². The van der Waals surface area contributed by atoms with Crippen LogP contribution in [0.2, 0.25) is 0 Å². The zero-order valence-electron chi connectivity index (χ0n) is 11.1. The normalized spacial score (nSPS) is 22.2. The highest BCUT2D eigenvalue weighted by Gasteiger charge is 2.24. The van der Waals surface area contributed by atoms with Gasteiger partial charge in [-0.25, -0.2) is 0 Å². The van der Waals surface area contributed by atoms with Gasteiger partial charge < -0.3 is 4.74 Å². The predicted octanol–water partition coefficient (Wildman–Crippen LogP) is 3.86. The number of benzene rings is 1. The molecular weight excluding hydrogens is 224 g/mol. The van der Waals surface area contributed by atoms with Crippen molar-refractivity contribution in [2.45, 2.75) is 32.6 Å². The van der Waals surface area contributed by atoms with E-state index in [2.05, 4.69) is 6.92 Å². The van der Waals surface area contributed by atoms with Crippen LogP contribution in [0.4, 0.5) is 0 Å². The standard InChI is InChI=1S/C16H20O2/c1-3-12-8-6-9-15(17)14(12)11-13-7-4-5-10-16(13)18-2/h4-5,7,10-12H,3,6,8-9H2,1-2H3. The van der Waals surface area contributed by atoms with Crippen LogP contribution in [0.3, 0.4) is 0 Å². The number of allylic oxidation sites excluding steroid dienone is 1. The SMILES string of the molecule is CCC1CCCC(=O)C1=Cc1ccccc1OC. The zero-order valence-corrected chi connectivity index (χ0v) is 11.1. The molecule has 0 amide bonds. The summed E-state index contributed by atoms with van der Waals surface area (Å²) in [4.78, 5) is 12.1. The molecule has 1 saturated carbocycles. The summed E-state index contributed by atoms with van der Waals surface area (Å²) in [6.07, 6.45) is 5.91. The van der Waals surface area contributed by atoms with Gasteiger partial charge in [0.25, 0.3) is 0 Å². The van der Waals surface area contributed by atoms with Crippen LogP contribution < -0.4 is 4.74 Å². The van der Waals surface area contributed by atoms with Gasteiger partial charge in [0, 0.05) is 12.0 Å². The molecule has 18 heavy (non-hydrogen) atoms. The average molecular weight is 244 g/mol. The first kappa shape index (κ1) is 12.9. The molecule has 0 saturated heterocycles. The molecule has 0 heterocycles. The Morgan fingerprint density at radius 3 is 2.89 bits per heavy atom. The number of carbonyl (C=O) groups is 1. The van der Waals surface area contributed by atoms with E-state index < -0.39 is 0 Å². The maximum absolute atomic E-state index is 12.1. The van der Waals surface area contributed by atoms with Crippen LogP contribution >= 0.6 is 0 Å². The molecule has 0 aliphatic heterocycles. The molecule has 0 spiro atoms. The monoisotopic (exact) mass is 244 g/mol. The number of carbonyl (C=O) groups excluding carboxylic acids is 1. The van der Waals surface area contributed by atoms with Crippen LogP contribution in [-0.2, 0) is 4.79 Å². The van der Waals surface area contributed by atoms with Crippen LogP contribution in [0.5, 0.6) is 5.75 Å². The molecule has 0 N–H and O–H groups in total. The molecule has 1 fully saturated rings. The fourth-order valence-corrected chi connectivity index (χ4v) is 2.61. The lowest BCUT2D eigenvalue weighted by Gasteiger charge is -2.23. The van der Waals surface area contributed by atoms with Crippen LogP contribution in [0.15, 0.2) is 29.8 Å². The fraction of sp³-hybridized carbons (Fsp3) is 0.438. The third kappa shape index (κ3) is 2.63. The third-order valence-corrected chi connectivity index (χ3v) is 3.66.